The Morgan fingerprint density at radius 2 is 2.04 bits per heavy atom. The van der Waals surface area contributed by atoms with Crippen LogP contribution >= 0.6 is 11.3 Å². The minimum atomic E-state index is -0.445. The third-order valence-electron chi connectivity index (χ3n) is 4.17. The van der Waals surface area contributed by atoms with Gasteiger partial charge in [0.05, 0.1) is 0 Å². The quantitative estimate of drug-likeness (QED) is 0.778. The number of benzene rings is 1. The zero-order valence-corrected chi connectivity index (χ0v) is 14.3. The van der Waals surface area contributed by atoms with Crippen LogP contribution in [0.5, 0.6) is 5.75 Å². The Hall–Kier alpha value is -2.74. The number of nitrogens with zero attached hydrogens (tertiary/aromatic N) is 4. The van der Waals surface area contributed by atoms with Crippen molar-refractivity contribution in [2.75, 3.05) is 18.5 Å². The van der Waals surface area contributed by atoms with Gasteiger partial charge < -0.3 is 10.0 Å². The van der Waals surface area contributed by atoms with Crippen molar-refractivity contribution in [1.82, 2.24) is 14.5 Å². The molecule has 0 radical (unpaired) electrons. The third kappa shape index (κ3) is 2.78. The molecule has 3 aromatic rings. The molecule has 1 aromatic carbocycles. The van der Waals surface area contributed by atoms with E-state index in [1.807, 2.05) is 11.9 Å². The summed E-state index contributed by atoms with van der Waals surface area (Å²) in [6, 6.07) is 6.28. The number of thiazole rings is 1. The van der Waals surface area contributed by atoms with Gasteiger partial charge in [0, 0.05) is 37.6 Å². The molecular weight excluding hydrogens is 343 g/mol. The van der Waals surface area contributed by atoms with Crippen LogP contribution in [-0.2, 0) is 13.0 Å². The summed E-state index contributed by atoms with van der Waals surface area (Å²) in [5.41, 5.74) is 0.725. The Labute approximate surface area is 146 Å². The first-order valence-electron chi connectivity index (χ1n) is 7.77. The average Bonchev–Trinajstić information content (AvgIpc) is 3.20. The summed E-state index contributed by atoms with van der Waals surface area (Å²) in [7, 11) is 1.86. The van der Waals surface area contributed by atoms with Gasteiger partial charge >= 0.3 is 0 Å². The zero-order valence-electron chi connectivity index (χ0n) is 13.4. The summed E-state index contributed by atoms with van der Waals surface area (Å²) in [5.74, 6) is -0.111. The first-order valence-corrected chi connectivity index (χ1v) is 8.59. The summed E-state index contributed by atoms with van der Waals surface area (Å²) in [6.07, 6.45) is 2.29. The average molecular weight is 358 g/mol. The van der Waals surface area contributed by atoms with E-state index in [4.69, 9.17) is 0 Å². The molecule has 0 saturated carbocycles. The highest BCUT2D eigenvalue weighted by molar-refractivity contribution is 7.15. The van der Waals surface area contributed by atoms with E-state index in [-0.39, 0.29) is 17.3 Å². The van der Waals surface area contributed by atoms with E-state index >= 15 is 0 Å². The molecule has 0 saturated heterocycles. The topological polar surface area (TPSA) is 71.2 Å². The van der Waals surface area contributed by atoms with E-state index in [0.717, 1.165) is 10.4 Å². The van der Waals surface area contributed by atoms with Crippen LogP contribution in [0.15, 0.2) is 35.3 Å². The van der Waals surface area contributed by atoms with Gasteiger partial charge in [-0.15, -0.1) is 11.3 Å². The minimum absolute atomic E-state index is 0.209. The maximum Gasteiger partial charge on any atom is 0.297 e. The summed E-state index contributed by atoms with van der Waals surface area (Å²) in [4.78, 5) is 23.9. The van der Waals surface area contributed by atoms with Crippen molar-refractivity contribution in [3.05, 3.63) is 57.1 Å². The molecule has 1 aliphatic rings. The predicted octanol–water partition coefficient (Wildman–Crippen LogP) is 2.25. The maximum atomic E-state index is 13.0. The first-order chi connectivity index (χ1) is 12.0. The molecule has 0 spiro atoms. The molecule has 1 N–H and O–H groups in total. The fourth-order valence-corrected chi connectivity index (χ4v) is 3.76. The predicted molar refractivity (Wildman–Crippen MR) is 93.7 cm³/mol. The molecule has 0 unspecified atom stereocenters. The normalized spacial score (nSPS) is 13.3. The smallest absolute Gasteiger partial charge is 0.297 e. The van der Waals surface area contributed by atoms with Gasteiger partial charge in [0.2, 0.25) is 11.7 Å². The summed E-state index contributed by atoms with van der Waals surface area (Å²) in [5, 5.41) is 10.7. The van der Waals surface area contributed by atoms with Gasteiger partial charge in [-0.2, -0.15) is 0 Å². The standard InChI is InChI=1S/C17H15FN4O2S/c1-21-6-7-22-16(24)14(23)13(20-17(21)22)15-19-9-12(25-15)8-10-2-4-11(18)5-3-10/h2-5,9,23H,6-8H2,1H3. The molecule has 3 heterocycles. The largest absolute Gasteiger partial charge is 0.501 e. The first kappa shape index (κ1) is 15.8. The van der Waals surface area contributed by atoms with E-state index in [1.54, 1.807) is 18.3 Å². The van der Waals surface area contributed by atoms with Crippen molar-refractivity contribution < 1.29 is 9.50 Å². The van der Waals surface area contributed by atoms with Crippen molar-refractivity contribution in [1.29, 1.82) is 0 Å². The van der Waals surface area contributed by atoms with E-state index in [1.165, 1.54) is 28.0 Å². The molecule has 6 nitrogen and oxygen atoms in total. The van der Waals surface area contributed by atoms with Gasteiger partial charge in [-0.3, -0.25) is 9.36 Å². The number of likely N-dealkylation sites (N-methyl/N-ethyl adjacent to an activating group) is 1. The highest BCUT2D eigenvalue weighted by Gasteiger charge is 2.25. The molecule has 0 atom stereocenters. The molecule has 4 rings (SSSR count). The Balaban J connectivity index is 1.69. The van der Waals surface area contributed by atoms with Gasteiger partial charge in [0.1, 0.15) is 10.8 Å². The molecule has 128 valence electrons. The number of fused-ring (bicyclic) bond motifs is 1. The van der Waals surface area contributed by atoms with Crippen molar-refractivity contribution >= 4 is 17.3 Å². The van der Waals surface area contributed by atoms with E-state index in [0.29, 0.717) is 30.5 Å². The summed E-state index contributed by atoms with van der Waals surface area (Å²) >= 11 is 1.36. The van der Waals surface area contributed by atoms with Crippen molar-refractivity contribution in [3.63, 3.8) is 0 Å². The molecule has 2 aromatic heterocycles. The Bertz CT molecular complexity index is 997. The third-order valence-corrected chi connectivity index (χ3v) is 5.18. The van der Waals surface area contributed by atoms with E-state index < -0.39 is 5.56 Å². The van der Waals surface area contributed by atoms with E-state index in [2.05, 4.69) is 9.97 Å². The molecule has 0 amide bonds. The lowest BCUT2D eigenvalue weighted by molar-refractivity contribution is 0.459. The van der Waals surface area contributed by atoms with Crippen LogP contribution in [0.3, 0.4) is 0 Å². The van der Waals surface area contributed by atoms with Crippen LogP contribution in [0.1, 0.15) is 10.4 Å². The SMILES string of the molecule is CN1CCn2c1nc(-c1ncc(Cc3ccc(F)cc3)s1)c(O)c2=O. The summed E-state index contributed by atoms with van der Waals surface area (Å²) in [6.45, 7) is 1.19. The molecular formula is C17H15FN4O2S. The minimum Gasteiger partial charge on any atom is -0.501 e. The lowest BCUT2D eigenvalue weighted by atomic mass is 10.1. The number of rotatable bonds is 3. The highest BCUT2D eigenvalue weighted by atomic mass is 32.1. The Kier molecular flexibility index (Phi) is 3.76. The second kappa shape index (κ2) is 5.96. The number of halogens is 1. The molecule has 0 bridgehead atoms. The van der Waals surface area contributed by atoms with Crippen LogP contribution < -0.4 is 10.5 Å². The lowest BCUT2D eigenvalue weighted by Crippen LogP contribution is -2.20. The molecule has 25 heavy (non-hydrogen) atoms. The van der Waals surface area contributed by atoms with Gasteiger partial charge in [-0.05, 0) is 17.7 Å². The molecule has 1 aliphatic heterocycles. The number of aromatic hydroxyl groups is 1. The number of aromatic nitrogens is 3. The molecule has 0 aliphatic carbocycles. The van der Waals surface area contributed by atoms with Gasteiger partial charge in [-0.1, -0.05) is 12.1 Å². The maximum absolute atomic E-state index is 13.0. The van der Waals surface area contributed by atoms with Crippen molar-refractivity contribution in [2.45, 2.75) is 13.0 Å². The molecule has 0 fully saturated rings. The van der Waals surface area contributed by atoms with Gasteiger partial charge in [-0.25, -0.2) is 14.4 Å². The number of hydrogen-bond acceptors (Lipinski definition) is 6. The fraction of sp³-hybridized carbons (Fsp3) is 0.235. The van der Waals surface area contributed by atoms with Crippen LogP contribution in [0.4, 0.5) is 10.3 Å². The van der Waals surface area contributed by atoms with Gasteiger partial charge in [0.25, 0.3) is 5.56 Å². The van der Waals surface area contributed by atoms with Gasteiger partial charge in [0.15, 0.2) is 5.69 Å². The van der Waals surface area contributed by atoms with Crippen LogP contribution in [0, 0.1) is 5.82 Å². The van der Waals surface area contributed by atoms with Crippen LogP contribution in [0.2, 0.25) is 0 Å². The number of hydrogen-bond donors (Lipinski definition) is 1. The van der Waals surface area contributed by atoms with Crippen LogP contribution in [-0.4, -0.2) is 33.2 Å². The second-order valence-electron chi connectivity index (χ2n) is 5.92. The van der Waals surface area contributed by atoms with Crippen molar-refractivity contribution in [3.8, 4) is 16.5 Å². The van der Waals surface area contributed by atoms with Crippen molar-refractivity contribution in [2.24, 2.45) is 0 Å². The lowest BCUT2D eigenvalue weighted by Gasteiger charge is -2.11. The zero-order chi connectivity index (χ0) is 17.6. The van der Waals surface area contributed by atoms with Crippen LogP contribution in [0.25, 0.3) is 10.7 Å². The fourth-order valence-electron chi connectivity index (χ4n) is 2.83. The summed E-state index contributed by atoms with van der Waals surface area (Å²) < 4.78 is 14.5. The number of anilines is 1. The molecule has 8 heteroatoms. The van der Waals surface area contributed by atoms with E-state index in [9.17, 15) is 14.3 Å². The second-order valence-corrected chi connectivity index (χ2v) is 7.04. The highest BCUT2D eigenvalue weighted by Crippen LogP contribution is 2.31. The monoisotopic (exact) mass is 358 g/mol. The Morgan fingerprint density at radius 1 is 1.28 bits per heavy atom. The Morgan fingerprint density at radius 3 is 2.80 bits per heavy atom.